The summed E-state index contributed by atoms with van der Waals surface area (Å²) in [6.45, 7) is -0.0301. The van der Waals surface area contributed by atoms with Crippen LogP contribution in [0.2, 0.25) is 0 Å². The van der Waals surface area contributed by atoms with Crippen molar-refractivity contribution in [2.75, 3.05) is 29.6 Å². The lowest BCUT2D eigenvalue weighted by Gasteiger charge is -2.25. The van der Waals surface area contributed by atoms with Crippen LogP contribution in [0.1, 0.15) is 12.8 Å². The summed E-state index contributed by atoms with van der Waals surface area (Å²) in [4.78, 5) is 11.9. The van der Waals surface area contributed by atoms with Gasteiger partial charge in [-0.1, -0.05) is 18.2 Å². The van der Waals surface area contributed by atoms with Gasteiger partial charge in [0, 0.05) is 24.7 Å². The van der Waals surface area contributed by atoms with Gasteiger partial charge in [0.1, 0.15) is 0 Å². The van der Waals surface area contributed by atoms with E-state index in [4.69, 9.17) is 0 Å². The number of sulfonamides is 1. The molecule has 1 unspecified atom stereocenters. The molecule has 23 heavy (non-hydrogen) atoms. The van der Waals surface area contributed by atoms with E-state index in [9.17, 15) is 21.6 Å². The molecule has 0 aliphatic carbocycles. The lowest BCUT2D eigenvalue weighted by atomic mass is 10.2. The van der Waals surface area contributed by atoms with Gasteiger partial charge in [-0.15, -0.1) is 0 Å². The van der Waals surface area contributed by atoms with Gasteiger partial charge in [-0.3, -0.25) is 4.79 Å². The summed E-state index contributed by atoms with van der Waals surface area (Å²) in [5.41, 5.74) is 0.631. The summed E-state index contributed by atoms with van der Waals surface area (Å²) in [7, 11) is -6.77. The van der Waals surface area contributed by atoms with E-state index in [0.717, 1.165) is 10.6 Å². The molecule has 1 amide bonds. The zero-order valence-electron chi connectivity index (χ0n) is 12.8. The fourth-order valence-corrected chi connectivity index (χ4v) is 5.55. The highest BCUT2D eigenvalue weighted by Gasteiger charge is 2.36. The van der Waals surface area contributed by atoms with E-state index >= 15 is 0 Å². The number of carbonyl (C=O) groups is 1. The zero-order chi connectivity index (χ0) is 17.1. The van der Waals surface area contributed by atoms with Crippen LogP contribution in [0.15, 0.2) is 30.3 Å². The van der Waals surface area contributed by atoms with Crippen molar-refractivity contribution in [3.8, 4) is 0 Å². The van der Waals surface area contributed by atoms with Crippen LogP contribution in [-0.4, -0.2) is 57.4 Å². The van der Waals surface area contributed by atoms with Gasteiger partial charge < -0.3 is 5.32 Å². The summed E-state index contributed by atoms with van der Waals surface area (Å²) < 4.78 is 48.0. The number of hydrogen-bond donors (Lipinski definition) is 1. The number of nitrogens with one attached hydrogen (secondary N) is 1. The predicted octanol–water partition coefficient (Wildman–Crippen LogP) is 0.464. The van der Waals surface area contributed by atoms with Gasteiger partial charge in [0.05, 0.1) is 17.8 Å². The SMILES string of the molecule is CS(=O)(=O)N(CCC(=O)Nc1ccccc1)C1CCS(=O)(=O)C1. The smallest absolute Gasteiger partial charge is 0.225 e. The number of carbonyl (C=O) groups excluding carboxylic acids is 1. The van der Waals surface area contributed by atoms with Crippen LogP contribution in [0.5, 0.6) is 0 Å². The standard InChI is InChI=1S/C14H20N2O5S2/c1-22(18,19)16(13-8-10-23(20,21)11-13)9-7-14(17)15-12-5-3-2-4-6-12/h2-6,13H,7-11H2,1H3,(H,15,17). The minimum Gasteiger partial charge on any atom is -0.326 e. The summed E-state index contributed by atoms with van der Waals surface area (Å²) in [5, 5.41) is 2.68. The first kappa shape index (κ1) is 17.9. The van der Waals surface area contributed by atoms with Gasteiger partial charge in [-0.2, -0.15) is 4.31 Å². The Hall–Kier alpha value is -1.45. The summed E-state index contributed by atoms with van der Waals surface area (Å²) >= 11 is 0. The van der Waals surface area contributed by atoms with Gasteiger partial charge in [0.15, 0.2) is 9.84 Å². The molecule has 1 fully saturated rings. The topological polar surface area (TPSA) is 101 Å². The Kier molecular flexibility index (Phi) is 5.43. The number of nitrogens with zero attached hydrogens (tertiary/aromatic N) is 1. The second kappa shape index (κ2) is 6.98. The molecular weight excluding hydrogens is 340 g/mol. The van der Waals surface area contributed by atoms with E-state index in [2.05, 4.69) is 5.32 Å². The third-order valence-electron chi connectivity index (χ3n) is 3.66. The van der Waals surface area contributed by atoms with Crippen molar-refractivity contribution in [2.45, 2.75) is 18.9 Å². The Morgan fingerprint density at radius 2 is 1.96 bits per heavy atom. The molecule has 0 spiro atoms. The lowest BCUT2D eigenvalue weighted by molar-refractivity contribution is -0.116. The van der Waals surface area contributed by atoms with E-state index < -0.39 is 25.9 Å². The second-order valence-electron chi connectivity index (χ2n) is 5.59. The van der Waals surface area contributed by atoms with Crippen molar-refractivity contribution < 1.29 is 21.6 Å². The van der Waals surface area contributed by atoms with E-state index in [-0.39, 0.29) is 36.8 Å². The average molecular weight is 360 g/mol. The zero-order valence-corrected chi connectivity index (χ0v) is 14.4. The normalized spacial score (nSPS) is 20.5. The molecule has 1 aliphatic rings. The van der Waals surface area contributed by atoms with E-state index in [0.29, 0.717) is 5.69 Å². The number of anilines is 1. The highest BCUT2D eigenvalue weighted by Crippen LogP contribution is 2.20. The largest absolute Gasteiger partial charge is 0.326 e. The molecule has 128 valence electrons. The minimum atomic E-state index is -3.58. The molecule has 1 saturated heterocycles. The van der Waals surface area contributed by atoms with Gasteiger partial charge >= 0.3 is 0 Å². The Bertz CT molecular complexity index is 760. The molecule has 0 saturated carbocycles. The molecule has 7 nitrogen and oxygen atoms in total. The molecule has 0 bridgehead atoms. The molecule has 1 heterocycles. The fraction of sp³-hybridized carbons (Fsp3) is 0.500. The maximum atomic E-state index is 11.9. The van der Waals surface area contributed by atoms with Crippen LogP contribution in [0.25, 0.3) is 0 Å². The van der Waals surface area contributed by atoms with Gasteiger partial charge in [-0.25, -0.2) is 16.8 Å². The number of hydrogen-bond acceptors (Lipinski definition) is 5. The summed E-state index contributed by atoms with van der Waals surface area (Å²) in [6, 6.07) is 8.26. The molecular formula is C14H20N2O5S2. The van der Waals surface area contributed by atoms with Gasteiger partial charge in [0.25, 0.3) is 0 Å². The van der Waals surface area contributed by atoms with E-state index in [1.165, 1.54) is 0 Å². The highest BCUT2D eigenvalue weighted by atomic mass is 32.2. The summed E-state index contributed by atoms with van der Waals surface area (Å²) in [6.07, 6.45) is 1.28. The van der Waals surface area contributed by atoms with Crippen LogP contribution in [0.4, 0.5) is 5.69 Å². The average Bonchev–Trinajstić information content (AvgIpc) is 2.78. The van der Waals surface area contributed by atoms with Gasteiger partial charge in [0.2, 0.25) is 15.9 Å². The molecule has 1 aromatic rings. The highest BCUT2D eigenvalue weighted by molar-refractivity contribution is 7.92. The monoisotopic (exact) mass is 360 g/mol. The molecule has 1 N–H and O–H groups in total. The summed E-state index contributed by atoms with van der Waals surface area (Å²) in [5.74, 6) is -0.508. The van der Waals surface area contributed by atoms with Crippen LogP contribution in [0.3, 0.4) is 0 Å². The van der Waals surface area contributed by atoms with Crippen LogP contribution in [-0.2, 0) is 24.7 Å². The minimum absolute atomic E-state index is 0.0140. The van der Waals surface area contributed by atoms with Crippen LogP contribution < -0.4 is 5.32 Å². The Labute approximate surface area is 136 Å². The lowest BCUT2D eigenvalue weighted by Crippen LogP contribution is -2.42. The molecule has 1 aliphatic heterocycles. The Morgan fingerprint density at radius 1 is 1.30 bits per heavy atom. The first-order valence-electron chi connectivity index (χ1n) is 7.19. The number of benzene rings is 1. The van der Waals surface area contributed by atoms with E-state index in [1.807, 2.05) is 6.07 Å². The Morgan fingerprint density at radius 3 is 2.48 bits per heavy atom. The second-order valence-corrected chi connectivity index (χ2v) is 9.76. The number of sulfone groups is 1. The van der Waals surface area contributed by atoms with Crippen molar-refractivity contribution in [1.82, 2.24) is 4.31 Å². The fourth-order valence-electron chi connectivity index (χ4n) is 2.58. The van der Waals surface area contributed by atoms with Crippen molar-refractivity contribution in [2.24, 2.45) is 0 Å². The van der Waals surface area contributed by atoms with Crippen LogP contribution >= 0.6 is 0 Å². The predicted molar refractivity (Wildman–Crippen MR) is 88.3 cm³/mol. The first-order valence-corrected chi connectivity index (χ1v) is 10.9. The van der Waals surface area contributed by atoms with E-state index in [1.54, 1.807) is 24.3 Å². The van der Waals surface area contributed by atoms with Crippen molar-refractivity contribution >= 4 is 31.5 Å². The molecule has 9 heteroatoms. The van der Waals surface area contributed by atoms with Crippen LogP contribution in [0, 0.1) is 0 Å². The quantitative estimate of drug-likeness (QED) is 0.794. The maximum Gasteiger partial charge on any atom is 0.225 e. The molecule has 2 rings (SSSR count). The maximum absolute atomic E-state index is 11.9. The molecule has 0 aromatic heterocycles. The number of rotatable bonds is 6. The van der Waals surface area contributed by atoms with Crippen molar-refractivity contribution in [3.63, 3.8) is 0 Å². The number of para-hydroxylation sites is 1. The Balaban J connectivity index is 1.98. The molecule has 1 atom stereocenters. The third-order valence-corrected chi connectivity index (χ3v) is 6.74. The molecule has 0 radical (unpaired) electrons. The van der Waals surface area contributed by atoms with Gasteiger partial charge in [-0.05, 0) is 18.6 Å². The molecule has 1 aromatic carbocycles. The number of amides is 1. The van der Waals surface area contributed by atoms with Crippen molar-refractivity contribution in [3.05, 3.63) is 30.3 Å². The first-order chi connectivity index (χ1) is 10.7. The van der Waals surface area contributed by atoms with Crippen molar-refractivity contribution in [1.29, 1.82) is 0 Å². The third kappa shape index (κ3) is 5.29.